The van der Waals surface area contributed by atoms with E-state index in [1.165, 1.54) is 0 Å². The van der Waals surface area contributed by atoms with Crippen LogP contribution >= 0.6 is 0 Å². The highest BCUT2D eigenvalue weighted by atomic mass is 16.7. The molecule has 3 aliphatic rings. The Hall–Kier alpha value is -5.11. The highest BCUT2D eigenvalue weighted by molar-refractivity contribution is 5.93. The van der Waals surface area contributed by atoms with Crippen LogP contribution in [0.5, 0.6) is 0 Å². The van der Waals surface area contributed by atoms with E-state index in [9.17, 15) is 19.5 Å². The molecule has 3 amide bonds. The number of carbonyl (C=O) groups excluding carboxylic acids is 3. The van der Waals surface area contributed by atoms with Gasteiger partial charge < -0.3 is 35.0 Å². The van der Waals surface area contributed by atoms with Crippen molar-refractivity contribution in [1.82, 2.24) is 21.0 Å². The second kappa shape index (κ2) is 18.9. The van der Waals surface area contributed by atoms with Gasteiger partial charge in [0.15, 0.2) is 6.29 Å². The number of rotatable bonds is 15. The molecule has 0 saturated carbocycles. The van der Waals surface area contributed by atoms with Gasteiger partial charge in [0.1, 0.15) is 5.54 Å². The Bertz CT molecular complexity index is 1970. The van der Waals surface area contributed by atoms with E-state index < -0.39 is 17.7 Å². The quantitative estimate of drug-likeness (QED) is 0.0566. The van der Waals surface area contributed by atoms with Gasteiger partial charge in [0.05, 0.1) is 25.5 Å². The lowest BCUT2D eigenvalue weighted by molar-refractivity contribution is -0.253. The second-order valence-electron chi connectivity index (χ2n) is 15.3. The van der Waals surface area contributed by atoms with Gasteiger partial charge in [-0.05, 0) is 77.8 Å². The first-order valence-electron chi connectivity index (χ1n) is 20.1. The molecule has 4 aromatic rings. The van der Waals surface area contributed by atoms with Crippen LogP contribution in [0.4, 0.5) is 5.69 Å². The van der Waals surface area contributed by atoms with Crippen molar-refractivity contribution >= 4 is 23.4 Å². The number of unbranched alkanes of at least 4 members (excludes halogenated alkanes) is 2. The Kier molecular flexibility index (Phi) is 13.3. The molecule has 7 rings (SSSR count). The standard InChI is InChI=1S/C45H53N5O7/c51-30-32-17-19-34(20-18-32)40-27-39(29-49-23-21-45(22-24-49)44(54)47-31-50(45)38-13-3-1-4-14-38)56-43(57-40)37-12-8-11-36(26-37)35-10-7-9-33(25-35)28-46-41(52)15-5-2-6-16-42(53)48-55/h1,3-4,7-14,17-20,25-26,39-40,43,51,55H,2,5-6,15-16,21-24,27-31H2,(H,46,52)(H,47,54)(H,48,53)/t39-,40+,43+/m0/s1. The molecular weight excluding hydrogens is 723 g/mol. The van der Waals surface area contributed by atoms with Gasteiger partial charge in [-0.15, -0.1) is 0 Å². The van der Waals surface area contributed by atoms with Crippen molar-refractivity contribution in [2.24, 2.45) is 0 Å². The highest BCUT2D eigenvalue weighted by Gasteiger charge is 2.50. The van der Waals surface area contributed by atoms with E-state index in [4.69, 9.17) is 14.7 Å². The zero-order valence-corrected chi connectivity index (χ0v) is 32.3. The third-order valence-corrected chi connectivity index (χ3v) is 11.5. The van der Waals surface area contributed by atoms with Crippen LogP contribution in [-0.4, -0.2) is 70.9 Å². The van der Waals surface area contributed by atoms with Crippen LogP contribution in [0.2, 0.25) is 0 Å². The molecule has 0 aliphatic carbocycles. The zero-order chi connectivity index (χ0) is 39.6. The Morgan fingerprint density at radius 1 is 0.789 bits per heavy atom. The van der Waals surface area contributed by atoms with Crippen molar-refractivity contribution in [3.05, 3.63) is 125 Å². The highest BCUT2D eigenvalue weighted by Crippen LogP contribution is 2.41. The molecule has 1 spiro atoms. The molecule has 5 N–H and O–H groups in total. The maximum atomic E-state index is 13.3. The summed E-state index contributed by atoms with van der Waals surface area (Å²) in [7, 11) is 0. The van der Waals surface area contributed by atoms with Gasteiger partial charge >= 0.3 is 0 Å². The van der Waals surface area contributed by atoms with E-state index in [2.05, 4.69) is 56.8 Å². The SMILES string of the molecule is O=C(CCCCCC(=O)NCc1cccc(-c2cccc([C@@H]3O[C@H](CN4CCC5(CC4)C(=O)NCN5c4ccccc4)C[C@H](c4ccc(CO)cc4)O3)c2)c1)NO. The fourth-order valence-electron chi connectivity index (χ4n) is 8.28. The maximum Gasteiger partial charge on any atom is 0.247 e. The number of carbonyl (C=O) groups is 3. The number of likely N-dealkylation sites (tertiary alicyclic amines) is 1. The molecule has 3 heterocycles. The lowest BCUT2D eigenvalue weighted by Crippen LogP contribution is -2.57. The summed E-state index contributed by atoms with van der Waals surface area (Å²) in [4.78, 5) is 41.6. The summed E-state index contributed by atoms with van der Waals surface area (Å²) in [6.45, 7) is 3.15. The first-order valence-corrected chi connectivity index (χ1v) is 20.1. The van der Waals surface area contributed by atoms with Crippen molar-refractivity contribution in [2.45, 2.75) is 88.6 Å². The number of amides is 3. The molecule has 3 aliphatic heterocycles. The summed E-state index contributed by atoms with van der Waals surface area (Å²) < 4.78 is 13.5. The van der Waals surface area contributed by atoms with E-state index in [-0.39, 0.29) is 37.0 Å². The van der Waals surface area contributed by atoms with Crippen LogP contribution in [0.25, 0.3) is 11.1 Å². The van der Waals surface area contributed by atoms with E-state index in [1.807, 2.05) is 66.7 Å². The summed E-state index contributed by atoms with van der Waals surface area (Å²) in [6, 6.07) is 34.4. The van der Waals surface area contributed by atoms with E-state index >= 15 is 0 Å². The number of hydrogen-bond acceptors (Lipinski definition) is 9. The number of aliphatic hydroxyl groups excluding tert-OH is 1. The van der Waals surface area contributed by atoms with Gasteiger partial charge in [-0.2, -0.15) is 0 Å². The van der Waals surface area contributed by atoms with E-state index in [1.54, 1.807) is 5.48 Å². The average molecular weight is 776 g/mol. The Morgan fingerprint density at radius 2 is 1.51 bits per heavy atom. The largest absolute Gasteiger partial charge is 0.392 e. The van der Waals surface area contributed by atoms with Crippen molar-refractivity contribution in [3.63, 3.8) is 0 Å². The Labute approximate surface area is 334 Å². The van der Waals surface area contributed by atoms with Crippen LogP contribution in [0.1, 0.15) is 86.0 Å². The first-order chi connectivity index (χ1) is 27.8. The maximum absolute atomic E-state index is 13.3. The van der Waals surface area contributed by atoms with Crippen LogP contribution in [0.15, 0.2) is 103 Å². The molecule has 57 heavy (non-hydrogen) atoms. The fraction of sp³-hybridized carbons (Fsp3) is 0.400. The minimum absolute atomic E-state index is 0.0221. The number of benzene rings is 4. The van der Waals surface area contributed by atoms with Crippen molar-refractivity contribution < 1.29 is 34.2 Å². The third-order valence-electron chi connectivity index (χ3n) is 11.5. The molecule has 0 unspecified atom stereocenters. The van der Waals surface area contributed by atoms with Crippen LogP contribution in [-0.2, 0) is 37.0 Å². The van der Waals surface area contributed by atoms with Gasteiger partial charge in [0, 0.05) is 56.7 Å². The van der Waals surface area contributed by atoms with Crippen LogP contribution < -0.4 is 21.0 Å². The molecule has 4 aromatic carbocycles. The number of piperidine rings is 1. The number of hydroxylamine groups is 1. The lowest BCUT2D eigenvalue weighted by Gasteiger charge is -2.45. The van der Waals surface area contributed by atoms with Gasteiger partial charge in [-0.3, -0.25) is 19.6 Å². The van der Waals surface area contributed by atoms with E-state index in [0.29, 0.717) is 45.4 Å². The molecule has 300 valence electrons. The molecule has 3 saturated heterocycles. The molecule has 0 radical (unpaired) electrons. The first kappa shape index (κ1) is 40.1. The predicted molar refractivity (Wildman–Crippen MR) is 215 cm³/mol. The fourth-order valence-corrected chi connectivity index (χ4v) is 8.28. The monoisotopic (exact) mass is 775 g/mol. The molecule has 0 aromatic heterocycles. The zero-order valence-electron chi connectivity index (χ0n) is 32.3. The number of aliphatic hydroxyl groups is 1. The summed E-state index contributed by atoms with van der Waals surface area (Å²) in [5.41, 5.74) is 7.91. The molecular formula is C45H53N5O7. The van der Waals surface area contributed by atoms with Gasteiger partial charge in [0.2, 0.25) is 17.7 Å². The lowest BCUT2D eigenvalue weighted by atomic mass is 9.85. The minimum atomic E-state index is -0.614. The normalized spacial score (nSPS) is 20.6. The molecule has 12 heteroatoms. The molecule has 3 atom stereocenters. The second-order valence-corrected chi connectivity index (χ2v) is 15.3. The van der Waals surface area contributed by atoms with Crippen LogP contribution in [0.3, 0.4) is 0 Å². The number of hydrogen-bond donors (Lipinski definition) is 5. The number of nitrogens with zero attached hydrogens (tertiary/aromatic N) is 2. The smallest absolute Gasteiger partial charge is 0.247 e. The van der Waals surface area contributed by atoms with Crippen molar-refractivity contribution in [2.75, 3.05) is 31.2 Å². The number of ether oxygens (including phenoxy) is 2. The summed E-state index contributed by atoms with van der Waals surface area (Å²) >= 11 is 0. The third kappa shape index (κ3) is 9.89. The van der Waals surface area contributed by atoms with Gasteiger partial charge in [-0.25, -0.2) is 5.48 Å². The molecule has 12 nitrogen and oxygen atoms in total. The van der Waals surface area contributed by atoms with Crippen molar-refractivity contribution in [1.29, 1.82) is 0 Å². The summed E-state index contributed by atoms with van der Waals surface area (Å²) in [6.07, 6.45) is 3.79. The van der Waals surface area contributed by atoms with E-state index in [0.717, 1.165) is 71.4 Å². The summed E-state index contributed by atoms with van der Waals surface area (Å²) in [5.74, 6) is -0.356. The topological polar surface area (TPSA) is 153 Å². The number of nitrogens with one attached hydrogen (secondary N) is 3. The van der Waals surface area contributed by atoms with Crippen molar-refractivity contribution in [3.8, 4) is 11.1 Å². The number of para-hydroxylation sites is 1. The minimum Gasteiger partial charge on any atom is -0.392 e. The molecule has 3 fully saturated rings. The Morgan fingerprint density at radius 3 is 2.25 bits per heavy atom. The number of anilines is 1. The van der Waals surface area contributed by atoms with Gasteiger partial charge in [0.25, 0.3) is 0 Å². The Balaban J connectivity index is 1.01. The summed E-state index contributed by atoms with van der Waals surface area (Å²) in [5, 5.41) is 24.4. The van der Waals surface area contributed by atoms with Crippen LogP contribution in [0, 0.1) is 0 Å². The molecule has 0 bridgehead atoms. The average Bonchev–Trinajstić information content (AvgIpc) is 3.57. The predicted octanol–water partition coefficient (Wildman–Crippen LogP) is 5.89. The van der Waals surface area contributed by atoms with Gasteiger partial charge in [-0.1, -0.05) is 85.3 Å².